The fourth-order valence-corrected chi connectivity index (χ4v) is 3.53. The van der Waals surface area contributed by atoms with Gasteiger partial charge in [-0.15, -0.1) is 0 Å². The first kappa shape index (κ1) is 14.5. The number of hydrogen-bond acceptors (Lipinski definition) is 5. The quantitative estimate of drug-likeness (QED) is 0.920. The highest BCUT2D eigenvalue weighted by atomic mass is 35.5. The number of thioether (sulfide) groups is 1. The number of nitrogens with zero attached hydrogens (tertiary/aromatic N) is 3. The third-order valence-electron chi connectivity index (χ3n) is 3.45. The maximum absolute atomic E-state index is 6.35. The fraction of sp³-hybridized carbons (Fsp3) is 0.333. The highest BCUT2D eigenvalue weighted by molar-refractivity contribution is 7.99. The van der Waals surface area contributed by atoms with Crippen LogP contribution in [0.1, 0.15) is 5.82 Å². The van der Waals surface area contributed by atoms with Gasteiger partial charge in [0.2, 0.25) is 0 Å². The van der Waals surface area contributed by atoms with Gasteiger partial charge in [-0.1, -0.05) is 23.7 Å². The number of halogens is 1. The van der Waals surface area contributed by atoms with E-state index >= 15 is 0 Å². The average Bonchev–Trinajstić information content (AvgIpc) is 2.50. The van der Waals surface area contributed by atoms with Gasteiger partial charge in [-0.25, -0.2) is 9.97 Å². The second kappa shape index (κ2) is 6.12. The van der Waals surface area contributed by atoms with Crippen LogP contribution in [0.3, 0.4) is 0 Å². The minimum absolute atomic E-state index is 0.634. The molecule has 0 atom stereocenters. The van der Waals surface area contributed by atoms with Crippen LogP contribution in [0.5, 0.6) is 0 Å². The molecule has 3 rings (SSSR count). The molecule has 6 heteroatoms. The summed E-state index contributed by atoms with van der Waals surface area (Å²) >= 11 is 8.04. The van der Waals surface area contributed by atoms with Gasteiger partial charge in [-0.05, 0) is 19.1 Å². The molecule has 1 aromatic heterocycles. The smallest absolute Gasteiger partial charge is 0.156 e. The van der Waals surface area contributed by atoms with Crippen molar-refractivity contribution in [2.24, 2.45) is 0 Å². The Morgan fingerprint density at radius 3 is 2.71 bits per heavy atom. The lowest BCUT2D eigenvalue weighted by Gasteiger charge is -2.29. The van der Waals surface area contributed by atoms with Gasteiger partial charge in [0.25, 0.3) is 0 Å². The topological polar surface area (TPSA) is 55.0 Å². The van der Waals surface area contributed by atoms with Crippen molar-refractivity contribution in [3.8, 4) is 11.3 Å². The zero-order valence-corrected chi connectivity index (χ0v) is 13.4. The fourth-order valence-electron chi connectivity index (χ4n) is 2.44. The summed E-state index contributed by atoms with van der Waals surface area (Å²) in [5.41, 5.74) is 8.67. The Bertz CT molecular complexity index is 656. The van der Waals surface area contributed by atoms with E-state index in [4.69, 9.17) is 17.3 Å². The van der Waals surface area contributed by atoms with Crippen LogP contribution in [0.4, 0.5) is 11.5 Å². The molecule has 1 aromatic carbocycles. The largest absolute Gasteiger partial charge is 0.394 e. The van der Waals surface area contributed by atoms with Crippen molar-refractivity contribution in [2.75, 3.05) is 35.2 Å². The summed E-state index contributed by atoms with van der Waals surface area (Å²) in [6, 6.07) is 7.61. The normalized spacial score (nSPS) is 15.2. The molecule has 1 saturated heterocycles. The molecule has 0 amide bonds. The molecule has 1 fully saturated rings. The zero-order chi connectivity index (χ0) is 14.8. The van der Waals surface area contributed by atoms with Crippen LogP contribution in [0.2, 0.25) is 5.02 Å². The summed E-state index contributed by atoms with van der Waals surface area (Å²) < 4.78 is 0. The third-order valence-corrected chi connectivity index (χ3v) is 4.62. The summed E-state index contributed by atoms with van der Waals surface area (Å²) in [7, 11) is 0. The van der Waals surface area contributed by atoms with Crippen LogP contribution in [0.25, 0.3) is 11.3 Å². The van der Waals surface area contributed by atoms with Crippen molar-refractivity contribution < 1.29 is 0 Å². The third kappa shape index (κ3) is 3.09. The molecule has 2 heterocycles. The van der Waals surface area contributed by atoms with Crippen molar-refractivity contribution in [2.45, 2.75) is 6.92 Å². The Hall–Kier alpha value is -1.46. The van der Waals surface area contributed by atoms with E-state index in [0.29, 0.717) is 10.7 Å². The van der Waals surface area contributed by atoms with Gasteiger partial charge in [-0.3, -0.25) is 0 Å². The van der Waals surface area contributed by atoms with Gasteiger partial charge in [-0.2, -0.15) is 11.8 Å². The molecule has 0 saturated carbocycles. The maximum Gasteiger partial charge on any atom is 0.156 e. The van der Waals surface area contributed by atoms with Gasteiger partial charge >= 0.3 is 0 Å². The molecule has 0 bridgehead atoms. The first-order valence-electron chi connectivity index (χ1n) is 6.88. The van der Waals surface area contributed by atoms with Crippen LogP contribution >= 0.6 is 23.4 Å². The van der Waals surface area contributed by atoms with Crippen LogP contribution in [0, 0.1) is 6.92 Å². The highest BCUT2D eigenvalue weighted by Crippen LogP contribution is 2.33. The molecule has 4 nitrogen and oxygen atoms in total. The monoisotopic (exact) mass is 320 g/mol. The van der Waals surface area contributed by atoms with E-state index < -0.39 is 0 Å². The van der Waals surface area contributed by atoms with Crippen molar-refractivity contribution in [1.82, 2.24) is 9.97 Å². The lowest BCUT2D eigenvalue weighted by atomic mass is 10.1. The van der Waals surface area contributed by atoms with Gasteiger partial charge in [0.15, 0.2) is 5.82 Å². The number of nitrogen functional groups attached to an aromatic ring is 1. The first-order chi connectivity index (χ1) is 10.1. The Kier molecular flexibility index (Phi) is 4.22. The van der Waals surface area contributed by atoms with E-state index in [1.54, 1.807) is 0 Å². The van der Waals surface area contributed by atoms with E-state index in [2.05, 4.69) is 14.9 Å². The predicted octanol–water partition coefficient (Wildman–Crippen LogP) is 3.24. The molecule has 0 spiro atoms. The molecule has 21 heavy (non-hydrogen) atoms. The van der Waals surface area contributed by atoms with Gasteiger partial charge in [0, 0.05) is 35.2 Å². The van der Waals surface area contributed by atoms with Crippen molar-refractivity contribution in [3.63, 3.8) is 0 Å². The molecule has 2 aromatic rings. The Labute approximate surface area is 133 Å². The number of benzene rings is 1. The van der Waals surface area contributed by atoms with Crippen LogP contribution in [0.15, 0.2) is 24.3 Å². The Morgan fingerprint density at radius 2 is 2.00 bits per heavy atom. The van der Waals surface area contributed by atoms with E-state index in [1.807, 2.05) is 43.0 Å². The minimum atomic E-state index is 0.634. The molecule has 1 aliphatic rings. The average molecular weight is 321 g/mol. The molecule has 2 N–H and O–H groups in total. The molecular weight excluding hydrogens is 304 g/mol. The number of aryl methyl sites for hydroxylation is 1. The number of aromatic nitrogens is 2. The molecule has 0 aliphatic carbocycles. The van der Waals surface area contributed by atoms with E-state index in [-0.39, 0.29) is 0 Å². The Morgan fingerprint density at radius 1 is 1.24 bits per heavy atom. The van der Waals surface area contributed by atoms with Crippen LogP contribution in [-0.4, -0.2) is 34.6 Å². The SMILES string of the molecule is Cc1nc(-c2cccc(Cl)c2)c(N)c(N2CCSCC2)n1. The van der Waals surface area contributed by atoms with Crippen molar-refractivity contribution in [3.05, 3.63) is 35.1 Å². The minimum Gasteiger partial charge on any atom is -0.394 e. The predicted molar refractivity (Wildman–Crippen MR) is 91.2 cm³/mol. The number of rotatable bonds is 2. The first-order valence-corrected chi connectivity index (χ1v) is 8.41. The maximum atomic E-state index is 6.35. The molecule has 0 radical (unpaired) electrons. The van der Waals surface area contributed by atoms with Gasteiger partial charge in [0.1, 0.15) is 11.5 Å². The van der Waals surface area contributed by atoms with Gasteiger partial charge < -0.3 is 10.6 Å². The van der Waals surface area contributed by atoms with Crippen molar-refractivity contribution >= 4 is 34.9 Å². The molecule has 110 valence electrons. The second-order valence-corrected chi connectivity index (χ2v) is 6.63. The van der Waals surface area contributed by atoms with E-state index in [1.165, 1.54) is 0 Å². The Balaban J connectivity index is 2.07. The number of hydrogen-bond donors (Lipinski definition) is 1. The summed E-state index contributed by atoms with van der Waals surface area (Å²) in [4.78, 5) is 11.3. The highest BCUT2D eigenvalue weighted by Gasteiger charge is 2.19. The standard InChI is InChI=1S/C15H17ClN4S/c1-10-18-14(11-3-2-4-12(16)9-11)13(17)15(19-10)20-5-7-21-8-6-20/h2-4,9H,5-8,17H2,1H3. The lowest BCUT2D eigenvalue weighted by molar-refractivity contribution is 0.831. The summed E-state index contributed by atoms with van der Waals surface area (Å²) in [6.07, 6.45) is 0. The van der Waals surface area contributed by atoms with E-state index in [0.717, 1.165) is 47.5 Å². The van der Waals surface area contributed by atoms with Crippen LogP contribution in [-0.2, 0) is 0 Å². The summed E-state index contributed by atoms with van der Waals surface area (Å²) in [5.74, 6) is 3.79. The number of anilines is 2. The molecule has 0 unspecified atom stereocenters. The zero-order valence-electron chi connectivity index (χ0n) is 11.8. The molecular formula is C15H17ClN4S. The summed E-state index contributed by atoms with van der Waals surface area (Å²) in [5, 5.41) is 0.680. The van der Waals surface area contributed by atoms with Crippen LogP contribution < -0.4 is 10.6 Å². The molecule has 1 aliphatic heterocycles. The number of nitrogens with two attached hydrogens (primary N) is 1. The second-order valence-electron chi connectivity index (χ2n) is 4.97. The van der Waals surface area contributed by atoms with Gasteiger partial charge in [0.05, 0.1) is 5.69 Å². The van der Waals surface area contributed by atoms with E-state index in [9.17, 15) is 0 Å². The van der Waals surface area contributed by atoms with Crippen molar-refractivity contribution in [1.29, 1.82) is 0 Å². The lowest BCUT2D eigenvalue weighted by Crippen LogP contribution is -2.34. The summed E-state index contributed by atoms with van der Waals surface area (Å²) in [6.45, 7) is 3.84.